The van der Waals surface area contributed by atoms with E-state index < -0.39 is 11.9 Å². The van der Waals surface area contributed by atoms with Crippen LogP contribution < -0.4 is 10.4 Å². The number of amides is 1. The van der Waals surface area contributed by atoms with Crippen molar-refractivity contribution in [1.82, 2.24) is 0 Å². The molecule has 3 aromatic carbocycles. The fourth-order valence-corrected chi connectivity index (χ4v) is 2.93. The van der Waals surface area contributed by atoms with Crippen molar-refractivity contribution in [2.45, 2.75) is 12.8 Å². The number of carboxylic acids is 1. The molecule has 0 heterocycles. The van der Waals surface area contributed by atoms with E-state index in [1.54, 1.807) is 19.1 Å². The number of aryl methyl sites for hydroxylation is 1. The average molecular weight is 344 g/mol. The Balaban J connectivity index is 1.99. The molecule has 0 spiro atoms. The second kappa shape index (κ2) is 7.66. The van der Waals surface area contributed by atoms with Gasteiger partial charge in [0.15, 0.2) is 0 Å². The fraction of sp³-hybridized carbons (Fsp3) is 0.0909. The van der Waals surface area contributed by atoms with Crippen LogP contribution in [-0.4, -0.2) is 11.9 Å². The molecule has 0 atom stereocenters. The number of anilines is 1. The third-order valence-electron chi connectivity index (χ3n) is 4.18. The highest BCUT2D eigenvalue weighted by Gasteiger charge is 2.23. The van der Waals surface area contributed by atoms with Gasteiger partial charge < -0.3 is 15.2 Å². The minimum absolute atomic E-state index is 0.0294. The topological polar surface area (TPSA) is 69.2 Å². The van der Waals surface area contributed by atoms with Crippen LogP contribution in [0.3, 0.4) is 0 Å². The first kappa shape index (κ1) is 17.4. The molecule has 3 aromatic rings. The van der Waals surface area contributed by atoms with Crippen LogP contribution in [0.1, 0.15) is 33.0 Å². The molecule has 3 rings (SSSR count). The average Bonchev–Trinajstić information content (AvgIpc) is 2.65. The molecule has 4 nitrogen and oxygen atoms in total. The van der Waals surface area contributed by atoms with Crippen molar-refractivity contribution in [1.29, 1.82) is 0 Å². The molecule has 0 bridgehead atoms. The molecule has 130 valence electrons. The number of carbonyl (C=O) groups is 2. The van der Waals surface area contributed by atoms with E-state index in [1.807, 2.05) is 60.7 Å². The molecule has 0 saturated carbocycles. The molecule has 0 radical (unpaired) electrons. The highest BCUT2D eigenvalue weighted by Crippen LogP contribution is 2.27. The molecule has 0 aliphatic carbocycles. The van der Waals surface area contributed by atoms with Crippen molar-refractivity contribution in [3.05, 3.63) is 101 Å². The largest absolute Gasteiger partial charge is 0.545 e. The summed E-state index contributed by atoms with van der Waals surface area (Å²) in [5.74, 6) is -2.16. The van der Waals surface area contributed by atoms with Gasteiger partial charge in [0.1, 0.15) is 0 Å². The lowest BCUT2D eigenvalue weighted by Gasteiger charge is -2.20. The summed E-state index contributed by atoms with van der Waals surface area (Å²) in [5, 5.41) is 14.2. The molecular weight excluding hydrogens is 326 g/mol. The van der Waals surface area contributed by atoms with Crippen molar-refractivity contribution >= 4 is 17.6 Å². The molecule has 1 amide bonds. The summed E-state index contributed by atoms with van der Waals surface area (Å²) in [6.45, 7) is 1.79. The third kappa shape index (κ3) is 3.81. The Labute approximate surface area is 152 Å². The van der Waals surface area contributed by atoms with Gasteiger partial charge in [-0.05, 0) is 30.2 Å². The van der Waals surface area contributed by atoms with E-state index in [0.717, 1.165) is 16.7 Å². The summed E-state index contributed by atoms with van der Waals surface area (Å²) < 4.78 is 0. The molecule has 0 unspecified atom stereocenters. The van der Waals surface area contributed by atoms with E-state index in [-0.39, 0.29) is 17.2 Å². The second-order valence-electron chi connectivity index (χ2n) is 6.08. The maximum absolute atomic E-state index is 13.0. The molecule has 0 aromatic heterocycles. The van der Waals surface area contributed by atoms with Crippen molar-refractivity contribution < 1.29 is 14.7 Å². The van der Waals surface area contributed by atoms with Gasteiger partial charge in [-0.1, -0.05) is 72.3 Å². The predicted molar refractivity (Wildman–Crippen MR) is 98.9 cm³/mol. The van der Waals surface area contributed by atoms with Gasteiger partial charge in [-0.3, -0.25) is 4.79 Å². The predicted octanol–water partition coefficient (Wildman–Crippen LogP) is 3.13. The van der Waals surface area contributed by atoms with Gasteiger partial charge in [0.2, 0.25) is 5.91 Å². The van der Waals surface area contributed by atoms with Gasteiger partial charge in [-0.2, -0.15) is 0 Å². The summed E-state index contributed by atoms with van der Waals surface area (Å²) in [6, 6.07) is 23.6. The molecule has 0 fully saturated rings. The first-order chi connectivity index (χ1) is 12.6. The van der Waals surface area contributed by atoms with E-state index in [9.17, 15) is 14.7 Å². The maximum Gasteiger partial charge on any atom is 0.236 e. The molecule has 4 heteroatoms. The smallest absolute Gasteiger partial charge is 0.236 e. The molecule has 1 N–H and O–H groups in total. The standard InChI is InChI=1S/C22H19NO3/c1-15-12-13-19(18(14-15)22(25)26)23-21(24)20(16-8-4-2-5-9-16)17-10-6-3-7-11-17/h2-14,20H,1H3,(H,23,24)(H,25,26)/p-1. The minimum Gasteiger partial charge on any atom is -0.545 e. The highest BCUT2D eigenvalue weighted by atomic mass is 16.4. The van der Waals surface area contributed by atoms with Gasteiger partial charge in [0.05, 0.1) is 11.9 Å². The van der Waals surface area contributed by atoms with Gasteiger partial charge in [0.25, 0.3) is 0 Å². The van der Waals surface area contributed by atoms with E-state index in [2.05, 4.69) is 5.32 Å². The lowest BCUT2D eigenvalue weighted by Crippen LogP contribution is -2.27. The van der Waals surface area contributed by atoms with Crippen LogP contribution in [0.25, 0.3) is 0 Å². The number of aromatic carboxylic acids is 1. The number of carbonyl (C=O) groups excluding carboxylic acids is 2. The van der Waals surface area contributed by atoms with Crippen LogP contribution in [0.5, 0.6) is 0 Å². The van der Waals surface area contributed by atoms with Crippen molar-refractivity contribution in [3.63, 3.8) is 0 Å². The van der Waals surface area contributed by atoms with E-state index in [4.69, 9.17) is 0 Å². The quantitative estimate of drug-likeness (QED) is 0.773. The van der Waals surface area contributed by atoms with E-state index in [1.165, 1.54) is 6.07 Å². The molecule has 0 aliphatic heterocycles. The highest BCUT2D eigenvalue weighted by molar-refractivity contribution is 6.03. The Morgan fingerprint density at radius 1 is 0.846 bits per heavy atom. The number of nitrogens with one attached hydrogen (secondary N) is 1. The Kier molecular flexibility index (Phi) is 5.13. The number of hydrogen-bond donors (Lipinski definition) is 1. The summed E-state index contributed by atoms with van der Waals surface area (Å²) in [5.41, 5.74) is 2.65. The first-order valence-corrected chi connectivity index (χ1v) is 8.29. The second-order valence-corrected chi connectivity index (χ2v) is 6.08. The zero-order chi connectivity index (χ0) is 18.5. The first-order valence-electron chi connectivity index (χ1n) is 8.29. The molecular formula is C22H18NO3-. The van der Waals surface area contributed by atoms with Crippen LogP contribution in [0.4, 0.5) is 5.69 Å². The van der Waals surface area contributed by atoms with Crippen molar-refractivity contribution in [3.8, 4) is 0 Å². The minimum atomic E-state index is -1.32. The van der Waals surface area contributed by atoms with Crippen LogP contribution in [-0.2, 0) is 4.79 Å². The van der Waals surface area contributed by atoms with Crippen molar-refractivity contribution in [2.24, 2.45) is 0 Å². The zero-order valence-electron chi connectivity index (χ0n) is 14.3. The Morgan fingerprint density at radius 3 is 1.88 bits per heavy atom. The lowest BCUT2D eigenvalue weighted by atomic mass is 9.90. The Bertz CT molecular complexity index is 881. The Morgan fingerprint density at radius 2 is 1.38 bits per heavy atom. The summed E-state index contributed by atoms with van der Waals surface area (Å²) in [4.78, 5) is 24.5. The van der Waals surface area contributed by atoms with E-state index >= 15 is 0 Å². The SMILES string of the molecule is Cc1ccc(NC(=O)C(c2ccccc2)c2ccccc2)c(C(=O)[O-])c1. The summed E-state index contributed by atoms with van der Waals surface area (Å²) in [7, 11) is 0. The number of carboxylic acid groups (broad SMARTS) is 1. The normalized spacial score (nSPS) is 10.5. The summed E-state index contributed by atoms with van der Waals surface area (Å²) in [6.07, 6.45) is 0. The lowest BCUT2D eigenvalue weighted by molar-refractivity contribution is -0.254. The number of benzene rings is 3. The zero-order valence-corrected chi connectivity index (χ0v) is 14.3. The number of rotatable bonds is 5. The van der Waals surface area contributed by atoms with E-state index in [0.29, 0.717) is 0 Å². The fourth-order valence-electron chi connectivity index (χ4n) is 2.93. The summed E-state index contributed by atoms with van der Waals surface area (Å²) >= 11 is 0. The Hall–Kier alpha value is -3.40. The van der Waals surface area contributed by atoms with Gasteiger partial charge in [0, 0.05) is 11.3 Å². The molecule has 26 heavy (non-hydrogen) atoms. The molecule has 0 aliphatic rings. The monoisotopic (exact) mass is 344 g/mol. The third-order valence-corrected chi connectivity index (χ3v) is 4.18. The number of hydrogen-bond acceptors (Lipinski definition) is 3. The molecule has 0 saturated heterocycles. The van der Waals surface area contributed by atoms with Crippen LogP contribution in [0.15, 0.2) is 78.9 Å². The van der Waals surface area contributed by atoms with Gasteiger partial charge in [-0.15, -0.1) is 0 Å². The van der Waals surface area contributed by atoms with Gasteiger partial charge in [-0.25, -0.2) is 0 Å². The van der Waals surface area contributed by atoms with Crippen LogP contribution in [0.2, 0.25) is 0 Å². The van der Waals surface area contributed by atoms with Crippen LogP contribution in [0, 0.1) is 6.92 Å². The maximum atomic E-state index is 13.0. The van der Waals surface area contributed by atoms with Crippen LogP contribution >= 0.6 is 0 Å². The van der Waals surface area contributed by atoms with Crippen molar-refractivity contribution in [2.75, 3.05) is 5.32 Å². The van der Waals surface area contributed by atoms with Gasteiger partial charge >= 0.3 is 0 Å².